The van der Waals surface area contributed by atoms with Gasteiger partial charge in [-0.2, -0.15) is 4.98 Å². The zero-order valence-electron chi connectivity index (χ0n) is 15.1. The van der Waals surface area contributed by atoms with Gasteiger partial charge in [0.1, 0.15) is 11.5 Å². The van der Waals surface area contributed by atoms with E-state index in [0.29, 0.717) is 35.9 Å². The van der Waals surface area contributed by atoms with Crippen LogP contribution < -0.4 is 10.6 Å². The molecule has 9 heteroatoms. The first-order valence-corrected chi connectivity index (χ1v) is 8.37. The predicted molar refractivity (Wildman–Crippen MR) is 99.0 cm³/mol. The van der Waals surface area contributed by atoms with Gasteiger partial charge < -0.3 is 20.3 Å². The molecule has 0 aliphatic heterocycles. The summed E-state index contributed by atoms with van der Waals surface area (Å²) in [6, 6.07) is 7.37. The SMILES string of the molecule is Cc1nc(N)nc(N(C)Cc2cc(-c3ccccn3)no2)c1CCC(=O)O. The lowest BCUT2D eigenvalue weighted by Gasteiger charge is -2.21. The number of pyridine rings is 1. The van der Waals surface area contributed by atoms with Crippen molar-refractivity contribution in [2.45, 2.75) is 26.3 Å². The lowest BCUT2D eigenvalue weighted by molar-refractivity contribution is -0.136. The fourth-order valence-corrected chi connectivity index (χ4v) is 2.77. The molecule has 0 atom stereocenters. The fourth-order valence-electron chi connectivity index (χ4n) is 2.77. The van der Waals surface area contributed by atoms with Gasteiger partial charge in [-0.25, -0.2) is 4.98 Å². The number of rotatable bonds is 7. The monoisotopic (exact) mass is 368 g/mol. The Morgan fingerprint density at radius 3 is 2.81 bits per heavy atom. The number of carboxylic acid groups (broad SMARTS) is 1. The summed E-state index contributed by atoms with van der Waals surface area (Å²) in [6.07, 6.45) is 1.99. The third-order valence-corrected chi connectivity index (χ3v) is 4.04. The van der Waals surface area contributed by atoms with E-state index >= 15 is 0 Å². The Morgan fingerprint density at radius 2 is 2.11 bits per heavy atom. The summed E-state index contributed by atoms with van der Waals surface area (Å²) in [6.45, 7) is 2.18. The molecule has 9 nitrogen and oxygen atoms in total. The molecule has 3 aromatic heterocycles. The number of nitrogens with zero attached hydrogens (tertiary/aromatic N) is 5. The van der Waals surface area contributed by atoms with Crippen molar-refractivity contribution in [3.05, 3.63) is 47.5 Å². The number of aryl methyl sites for hydroxylation is 1. The van der Waals surface area contributed by atoms with Crippen molar-refractivity contribution >= 4 is 17.7 Å². The average molecular weight is 368 g/mol. The molecule has 0 saturated heterocycles. The molecule has 0 radical (unpaired) electrons. The van der Waals surface area contributed by atoms with Crippen molar-refractivity contribution in [3.63, 3.8) is 0 Å². The third kappa shape index (κ3) is 4.38. The van der Waals surface area contributed by atoms with Gasteiger partial charge in [0.15, 0.2) is 5.76 Å². The van der Waals surface area contributed by atoms with Crippen LogP contribution in [0.3, 0.4) is 0 Å². The molecule has 0 saturated carbocycles. The number of nitrogen functional groups attached to an aromatic ring is 1. The Labute approximate surface area is 155 Å². The van der Waals surface area contributed by atoms with Crippen molar-refractivity contribution in [3.8, 4) is 11.4 Å². The highest BCUT2D eigenvalue weighted by atomic mass is 16.5. The van der Waals surface area contributed by atoms with Crippen molar-refractivity contribution in [2.75, 3.05) is 17.7 Å². The first-order chi connectivity index (χ1) is 12.9. The molecule has 3 N–H and O–H groups in total. The van der Waals surface area contributed by atoms with Gasteiger partial charge in [-0.05, 0) is 25.5 Å². The summed E-state index contributed by atoms with van der Waals surface area (Å²) in [5.41, 5.74) is 8.56. The molecule has 0 fully saturated rings. The summed E-state index contributed by atoms with van der Waals surface area (Å²) in [4.78, 5) is 25.5. The van der Waals surface area contributed by atoms with E-state index in [-0.39, 0.29) is 12.4 Å². The summed E-state index contributed by atoms with van der Waals surface area (Å²) in [5.74, 6) is 0.462. The second kappa shape index (κ2) is 7.81. The van der Waals surface area contributed by atoms with E-state index in [4.69, 9.17) is 15.4 Å². The average Bonchev–Trinajstić information content (AvgIpc) is 3.09. The molecular formula is C18H20N6O3. The van der Waals surface area contributed by atoms with Gasteiger partial charge in [-0.15, -0.1) is 0 Å². The maximum atomic E-state index is 11.0. The molecular weight excluding hydrogens is 348 g/mol. The van der Waals surface area contributed by atoms with E-state index in [0.717, 1.165) is 11.3 Å². The second-order valence-electron chi connectivity index (χ2n) is 6.11. The lowest BCUT2D eigenvalue weighted by Crippen LogP contribution is -2.21. The maximum Gasteiger partial charge on any atom is 0.303 e. The van der Waals surface area contributed by atoms with Crippen LogP contribution in [-0.2, 0) is 17.8 Å². The fraction of sp³-hybridized carbons (Fsp3) is 0.278. The number of aliphatic carboxylic acids is 1. The minimum Gasteiger partial charge on any atom is -0.481 e. The molecule has 0 spiro atoms. The van der Waals surface area contributed by atoms with E-state index in [9.17, 15) is 4.79 Å². The highest BCUT2D eigenvalue weighted by molar-refractivity contribution is 5.68. The van der Waals surface area contributed by atoms with Crippen LogP contribution in [-0.4, -0.2) is 38.2 Å². The molecule has 0 unspecified atom stereocenters. The number of anilines is 2. The highest BCUT2D eigenvalue weighted by Gasteiger charge is 2.18. The number of hydrogen-bond donors (Lipinski definition) is 2. The van der Waals surface area contributed by atoms with E-state index in [1.165, 1.54) is 0 Å². The zero-order chi connectivity index (χ0) is 19.4. The lowest BCUT2D eigenvalue weighted by atomic mass is 10.1. The van der Waals surface area contributed by atoms with E-state index in [1.807, 2.05) is 36.2 Å². The Bertz CT molecular complexity index is 942. The maximum absolute atomic E-state index is 11.0. The topological polar surface area (TPSA) is 131 Å². The molecule has 3 rings (SSSR count). The van der Waals surface area contributed by atoms with Gasteiger partial charge in [0.2, 0.25) is 5.95 Å². The van der Waals surface area contributed by atoms with Crippen LogP contribution in [0.4, 0.5) is 11.8 Å². The minimum absolute atomic E-state index is 0.0128. The van der Waals surface area contributed by atoms with Crippen molar-refractivity contribution in [1.82, 2.24) is 20.1 Å². The van der Waals surface area contributed by atoms with Gasteiger partial charge in [-0.1, -0.05) is 11.2 Å². The normalized spacial score (nSPS) is 10.7. The molecule has 140 valence electrons. The van der Waals surface area contributed by atoms with E-state index < -0.39 is 5.97 Å². The number of nitrogens with two attached hydrogens (primary N) is 1. The highest BCUT2D eigenvalue weighted by Crippen LogP contribution is 2.25. The number of aromatic nitrogens is 4. The van der Waals surface area contributed by atoms with Gasteiger partial charge in [-0.3, -0.25) is 9.78 Å². The van der Waals surface area contributed by atoms with E-state index in [1.54, 1.807) is 13.1 Å². The largest absolute Gasteiger partial charge is 0.481 e. The van der Waals surface area contributed by atoms with Crippen LogP contribution in [0.5, 0.6) is 0 Å². The molecule has 3 aromatic rings. The Morgan fingerprint density at radius 1 is 1.30 bits per heavy atom. The summed E-state index contributed by atoms with van der Waals surface area (Å²) >= 11 is 0. The standard InChI is InChI=1S/C18H20N6O3/c1-11-13(6-7-16(25)26)17(22-18(19)21-11)24(2)10-12-9-15(23-27-12)14-5-3-4-8-20-14/h3-5,8-9H,6-7,10H2,1-2H3,(H,25,26)(H2,19,21,22). The van der Waals surface area contributed by atoms with Crippen LogP contribution in [0.15, 0.2) is 35.0 Å². The summed E-state index contributed by atoms with van der Waals surface area (Å²) < 4.78 is 5.41. The Balaban J connectivity index is 1.83. The van der Waals surface area contributed by atoms with Crippen LogP contribution in [0.1, 0.15) is 23.4 Å². The first-order valence-electron chi connectivity index (χ1n) is 8.37. The van der Waals surface area contributed by atoms with Gasteiger partial charge in [0.05, 0.1) is 12.2 Å². The van der Waals surface area contributed by atoms with Crippen LogP contribution >= 0.6 is 0 Å². The van der Waals surface area contributed by atoms with E-state index in [2.05, 4.69) is 20.1 Å². The third-order valence-electron chi connectivity index (χ3n) is 4.04. The molecule has 27 heavy (non-hydrogen) atoms. The molecule has 0 bridgehead atoms. The quantitative estimate of drug-likeness (QED) is 0.643. The summed E-state index contributed by atoms with van der Waals surface area (Å²) in [7, 11) is 1.83. The molecule has 3 heterocycles. The number of carbonyl (C=O) groups is 1. The Hall–Kier alpha value is -3.49. The number of hydrogen-bond acceptors (Lipinski definition) is 8. The van der Waals surface area contributed by atoms with Crippen LogP contribution in [0, 0.1) is 6.92 Å². The molecule has 0 aliphatic carbocycles. The number of carboxylic acids is 1. The van der Waals surface area contributed by atoms with Gasteiger partial charge in [0, 0.05) is 37.0 Å². The second-order valence-corrected chi connectivity index (χ2v) is 6.11. The van der Waals surface area contributed by atoms with Crippen LogP contribution in [0.25, 0.3) is 11.4 Å². The van der Waals surface area contributed by atoms with Crippen molar-refractivity contribution in [1.29, 1.82) is 0 Å². The first kappa shape index (κ1) is 18.3. The minimum atomic E-state index is -0.880. The zero-order valence-corrected chi connectivity index (χ0v) is 15.1. The van der Waals surface area contributed by atoms with Gasteiger partial charge >= 0.3 is 5.97 Å². The molecule has 0 aromatic carbocycles. The Kier molecular flexibility index (Phi) is 5.30. The smallest absolute Gasteiger partial charge is 0.303 e. The van der Waals surface area contributed by atoms with Crippen LogP contribution in [0.2, 0.25) is 0 Å². The van der Waals surface area contributed by atoms with Crippen molar-refractivity contribution < 1.29 is 14.4 Å². The molecule has 0 amide bonds. The molecule has 0 aliphatic rings. The van der Waals surface area contributed by atoms with Crippen molar-refractivity contribution in [2.24, 2.45) is 0 Å². The predicted octanol–water partition coefficient (Wildman–Crippen LogP) is 2.07. The van der Waals surface area contributed by atoms with Gasteiger partial charge in [0.25, 0.3) is 0 Å². The summed E-state index contributed by atoms with van der Waals surface area (Å²) in [5, 5.41) is 13.0.